The van der Waals surface area contributed by atoms with E-state index in [9.17, 15) is 9.18 Å². The van der Waals surface area contributed by atoms with E-state index in [4.69, 9.17) is 17.3 Å². The minimum Gasteiger partial charge on any atom is -0.329 e. The molecule has 0 spiro atoms. The van der Waals surface area contributed by atoms with Crippen LogP contribution in [0.1, 0.15) is 24.2 Å². The van der Waals surface area contributed by atoms with Gasteiger partial charge < -0.3 is 5.73 Å². The smallest absolute Gasteiger partial charge is 0.169 e. The highest BCUT2D eigenvalue weighted by Gasteiger charge is 2.27. The summed E-state index contributed by atoms with van der Waals surface area (Å²) in [5.74, 6) is -0.661. The first-order chi connectivity index (χ1) is 6.88. The fourth-order valence-electron chi connectivity index (χ4n) is 1.12. The van der Waals surface area contributed by atoms with Gasteiger partial charge in [-0.3, -0.25) is 4.79 Å². The molecule has 0 aromatic heterocycles. The van der Waals surface area contributed by atoms with E-state index in [0.29, 0.717) is 5.56 Å². The Morgan fingerprint density at radius 2 is 2.13 bits per heavy atom. The Kier molecular flexibility index (Phi) is 3.47. The molecule has 0 unspecified atom stereocenters. The number of benzene rings is 1. The molecule has 0 saturated heterocycles. The predicted molar refractivity (Wildman–Crippen MR) is 58.6 cm³/mol. The Morgan fingerprint density at radius 3 is 2.60 bits per heavy atom. The van der Waals surface area contributed by atoms with Gasteiger partial charge in [-0.1, -0.05) is 25.4 Å². The standard InChI is InChI=1S/C11H13ClFNO/c1-11(2,6-14)10(15)7-3-4-9(13)8(12)5-7/h3-5H,6,14H2,1-2H3. The van der Waals surface area contributed by atoms with Crippen molar-refractivity contribution in [1.82, 2.24) is 0 Å². The van der Waals surface area contributed by atoms with Crippen LogP contribution in [0.2, 0.25) is 5.02 Å². The Morgan fingerprint density at radius 1 is 1.53 bits per heavy atom. The SMILES string of the molecule is CC(C)(CN)C(=O)c1ccc(F)c(Cl)c1. The molecule has 0 aliphatic rings. The number of carbonyl (C=O) groups is 1. The maximum atomic E-state index is 12.9. The van der Waals surface area contributed by atoms with Gasteiger partial charge >= 0.3 is 0 Å². The number of nitrogens with two attached hydrogens (primary N) is 1. The van der Waals surface area contributed by atoms with Crippen LogP contribution in [0.4, 0.5) is 4.39 Å². The van der Waals surface area contributed by atoms with Crippen molar-refractivity contribution in [2.75, 3.05) is 6.54 Å². The molecule has 0 bridgehead atoms. The molecule has 2 nitrogen and oxygen atoms in total. The second-order valence-electron chi connectivity index (χ2n) is 4.05. The molecule has 0 atom stereocenters. The summed E-state index contributed by atoms with van der Waals surface area (Å²) in [5.41, 5.74) is 5.22. The van der Waals surface area contributed by atoms with Crippen LogP contribution >= 0.6 is 11.6 Å². The third-order valence-corrected chi connectivity index (χ3v) is 2.60. The molecule has 15 heavy (non-hydrogen) atoms. The van der Waals surface area contributed by atoms with Crippen molar-refractivity contribution in [3.8, 4) is 0 Å². The summed E-state index contributed by atoms with van der Waals surface area (Å²) in [5, 5.41) is -0.0475. The number of Topliss-reactive ketones (excluding diaryl/α,β-unsaturated/α-hetero) is 1. The molecule has 0 amide bonds. The highest BCUT2D eigenvalue weighted by atomic mass is 35.5. The van der Waals surface area contributed by atoms with Gasteiger partial charge in [0.25, 0.3) is 0 Å². The van der Waals surface area contributed by atoms with Crippen LogP contribution in [0.15, 0.2) is 18.2 Å². The molecule has 2 N–H and O–H groups in total. The summed E-state index contributed by atoms with van der Waals surface area (Å²) in [7, 11) is 0. The lowest BCUT2D eigenvalue weighted by Crippen LogP contribution is -2.32. The number of ketones is 1. The third-order valence-electron chi connectivity index (χ3n) is 2.31. The van der Waals surface area contributed by atoms with Crippen LogP contribution < -0.4 is 5.73 Å². The molecular weight excluding hydrogens is 217 g/mol. The summed E-state index contributed by atoms with van der Waals surface area (Å²) in [6, 6.07) is 3.93. The van der Waals surface area contributed by atoms with Gasteiger partial charge in [0.1, 0.15) is 5.82 Å². The number of halogens is 2. The number of hydrogen-bond acceptors (Lipinski definition) is 2. The molecular formula is C11H13ClFNO. The molecule has 0 radical (unpaired) electrons. The molecule has 1 aromatic carbocycles. The van der Waals surface area contributed by atoms with Crippen LogP contribution in [0.3, 0.4) is 0 Å². The second kappa shape index (κ2) is 4.29. The normalized spacial score (nSPS) is 11.5. The van der Waals surface area contributed by atoms with Crippen LogP contribution in [0.25, 0.3) is 0 Å². The zero-order valence-corrected chi connectivity index (χ0v) is 9.44. The van der Waals surface area contributed by atoms with Gasteiger partial charge in [-0.2, -0.15) is 0 Å². The lowest BCUT2D eigenvalue weighted by molar-refractivity contribution is 0.0847. The van der Waals surface area contributed by atoms with Gasteiger partial charge in [-0.25, -0.2) is 4.39 Å². The molecule has 0 heterocycles. The summed E-state index contributed by atoms with van der Waals surface area (Å²) in [6.07, 6.45) is 0. The van der Waals surface area contributed by atoms with Gasteiger partial charge in [0.05, 0.1) is 5.02 Å². The van der Waals surface area contributed by atoms with Crippen molar-refractivity contribution in [1.29, 1.82) is 0 Å². The molecule has 0 saturated carbocycles. The minimum atomic E-state index is -0.652. The van der Waals surface area contributed by atoms with E-state index in [2.05, 4.69) is 0 Å². The zero-order valence-electron chi connectivity index (χ0n) is 8.68. The van der Waals surface area contributed by atoms with E-state index in [1.165, 1.54) is 18.2 Å². The fourth-order valence-corrected chi connectivity index (χ4v) is 1.30. The Balaban J connectivity index is 3.08. The molecule has 4 heteroatoms. The number of rotatable bonds is 3. The monoisotopic (exact) mass is 229 g/mol. The van der Waals surface area contributed by atoms with Crippen LogP contribution in [0.5, 0.6) is 0 Å². The first kappa shape index (κ1) is 12.1. The van der Waals surface area contributed by atoms with Crippen LogP contribution in [0, 0.1) is 11.2 Å². The van der Waals surface area contributed by atoms with Crippen molar-refractivity contribution in [2.45, 2.75) is 13.8 Å². The third kappa shape index (κ3) is 2.55. The average molecular weight is 230 g/mol. The second-order valence-corrected chi connectivity index (χ2v) is 4.45. The maximum absolute atomic E-state index is 12.9. The molecule has 0 fully saturated rings. The predicted octanol–water partition coefficient (Wildman–Crippen LogP) is 2.65. The van der Waals surface area contributed by atoms with Gasteiger partial charge in [-0.05, 0) is 18.2 Å². The number of carbonyl (C=O) groups excluding carboxylic acids is 1. The van der Waals surface area contributed by atoms with E-state index < -0.39 is 11.2 Å². The van der Waals surface area contributed by atoms with Crippen molar-refractivity contribution >= 4 is 17.4 Å². The lowest BCUT2D eigenvalue weighted by Gasteiger charge is -2.20. The summed E-state index contributed by atoms with van der Waals surface area (Å²) in [6.45, 7) is 3.72. The highest BCUT2D eigenvalue weighted by Crippen LogP contribution is 2.23. The van der Waals surface area contributed by atoms with Crippen molar-refractivity contribution < 1.29 is 9.18 Å². The van der Waals surface area contributed by atoms with Crippen molar-refractivity contribution in [3.05, 3.63) is 34.6 Å². The van der Waals surface area contributed by atoms with E-state index in [0.717, 1.165) is 0 Å². The Labute approximate surface area is 93.2 Å². The first-order valence-electron chi connectivity index (χ1n) is 4.58. The van der Waals surface area contributed by atoms with Crippen LogP contribution in [-0.4, -0.2) is 12.3 Å². The number of hydrogen-bond donors (Lipinski definition) is 1. The summed E-state index contributed by atoms with van der Waals surface area (Å²) >= 11 is 5.59. The summed E-state index contributed by atoms with van der Waals surface area (Å²) in [4.78, 5) is 11.9. The minimum absolute atomic E-state index is 0.0475. The van der Waals surface area contributed by atoms with E-state index in [-0.39, 0.29) is 17.4 Å². The fraction of sp³-hybridized carbons (Fsp3) is 0.364. The van der Waals surface area contributed by atoms with E-state index in [1.807, 2.05) is 0 Å². The van der Waals surface area contributed by atoms with Gasteiger partial charge in [0.2, 0.25) is 0 Å². The summed E-state index contributed by atoms with van der Waals surface area (Å²) < 4.78 is 12.9. The largest absolute Gasteiger partial charge is 0.329 e. The molecule has 82 valence electrons. The zero-order chi connectivity index (χ0) is 11.6. The topological polar surface area (TPSA) is 43.1 Å². The molecule has 0 aliphatic heterocycles. The quantitative estimate of drug-likeness (QED) is 0.810. The molecule has 1 aromatic rings. The maximum Gasteiger partial charge on any atom is 0.169 e. The Hall–Kier alpha value is -0.930. The average Bonchev–Trinajstić information content (AvgIpc) is 2.21. The van der Waals surface area contributed by atoms with Gasteiger partial charge in [0.15, 0.2) is 5.78 Å². The van der Waals surface area contributed by atoms with E-state index in [1.54, 1.807) is 13.8 Å². The van der Waals surface area contributed by atoms with Gasteiger partial charge in [-0.15, -0.1) is 0 Å². The lowest BCUT2D eigenvalue weighted by atomic mass is 9.84. The first-order valence-corrected chi connectivity index (χ1v) is 4.96. The van der Waals surface area contributed by atoms with Crippen LogP contribution in [-0.2, 0) is 0 Å². The van der Waals surface area contributed by atoms with Gasteiger partial charge in [0, 0.05) is 17.5 Å². The van der Waals surface area contributed by atoms with E-state index >= 15 is 0 Å². The van der Waals surface area contributed by atoms with Crippen molar-refractivity contribution in [2.24, 2.45) is 11.1 Å². The molecule has 1 rings (SSSR count). The molecule has 0 aliphatic carbocycles. The Bertz CT molecular complexity index is 390. The highest BCUT2D eigenvalue weighted by molar-refractivity contribution is 6.31. The van der Waals surface area contributed by atoms with Crippen molar-refractivity contribution in [3.63, 3.8) is 0 Å².